The van der Waals surface area contributed by atoms with E-state index >= 15 is 0 Å². The van der Waals surface area contributed by atoms with Crippen LogP contribution in [0.15, 0.2) is 97.3 Å². The number of benzene rings is 4. The van der Waals surface area contributed by atoms with E-state index in [1.165, 1.54) is 76.4 Å². The maximum Gasteiger partial charge on any atom is 0.433 e. The van der Waals surface area contributed by atoms with Gasteiger partial charge in [0.05, 0.1) is 77.5 Å². The van der Waals surface area contributed by atoms with Gasteiger partial charge in [0, 0.05) is 84.7 Å². The molecule has 0 unspecified atom stereocenters. The van der Waals surface area contributed by atoms with Crippen molar-refractivity contribution in [3.8, 4) is 45.5 Å². The number of amides is 2. The fourth-order valence-corrected chi connectivity index (χ4v) is 11.4. The smallest absolute Gasteiger partial charge is 0.433 e. The number of halogens is 8. The number of piperazine rings is 2. The first-order valence-corrected chi connectivity index (χ1v) is 27.2. The molecule has 2 amide bonds. The van der Waals surface area contributed by atoms with E-state index in [9.17, 15) is 54.9 Å². The lowest BCUT2D eigenvalue weighted by Crippen LogP contribution is -2.55. The Morgan fingerprint density at radius 1 is 0.558 bits per heavy atom. The molecule has 26 heteroatoms. The molecular weight excluding hydrogens is 1140 g/mol. The zero-order valence-electron chi connectivity index (χ0n) is 48.0. The lowest BCUT2D eigenvalue weighted by atomic mass is 10.0. The lowest BCUT2D eigenvalue weighted by Gasteiger charge is -2.43. The van der Waals surface area contributed by atoms with Gasteiger partial charge in [0.2, 0.25) is 0 Å². The third-order valence-electron chi connectivity index (χ3n) is 15.7. The van der Waals surface area contributed by atoms with Crippen molar-refractivity contribution < 1.29 is 73.9 Å². The molecule has 0 bridgehead atoms. The molecule has 10 rings (SSSR count). The van der Waals surface area contributed by atoms with E-state index in [0.717, 1.165) is 12.4 Å². The summed E-state index contributed by atoms with van der Waals surface area (Å²) < 4.78 is 138. The predicted molar refractivity (Wildman–Crippen MR) is 299 cm³/mol. The number of alkyl halides is 6. The van der Waals surface area contributed by atoms with Gasteiger partial charge in [0.1, 0.15) is 45.8 Å². The van der Waals surface area contributed by atoms with Crippen molar-refractivity contribution in [3.05, 3.63) is 154 Å². The standard InChI is InChI=1S/2C30H31F4N5O4/c2*1-17-15-37(23(16-40)25-22(31)6-5-7-24(25)43-4)12-13-38(17)29(41)21-14-35-39-27(30(32,33)34)18(2)26(36-28(21)39)19-8-10-20(42-3)11-9-19/h2*5-11,14,17,23,40H,12-13,15-16H2,1-4H3/t17-,23+;17-,23-/m11/s1. The van der Waals surface area contributed by atoms with Crippen molar-refractivity contribution in [2.45, 2.75) is 64.2 Å². The summed E-state index contributed by atoms with van der Waals surface area (Å²) >= 11 is 0. The summed E-state index contributed by atoms with van der Waals surface area (Å²) in [7, 11) is 5.81. The van der Waals surface area contributed by atoms with Crippen LogP contribution >= 0.6 is 0 Å². The molecule has 4 aromatic carbocycles. The fraction of sp³-hybridized carbons (Fsp3) is 0.367. The van der Waals surface area contributed by atoms with Crippen LogP contribution in [0.25, 0.3) is 33.8 Å². The van der Waals surface area contributed by atoms with E-state index in [0.29, 0.717) is 43.2 Å². The summed E-state index contributed by atoms with van der Waals surface area (Å²) in [5.41, 5.74) is -1.47. The zero-order chi connectivity index (χ0) is 62.1. The Labute approximate surface area is 488 Å². The second-order valence-electron chi connectivity index (χ2n) is 20.7. The summed E-state index contributed by atoms with van der Waals surface area (Å²) in [4.78, 5) is 43.4. The molecule has 0 saturated carbocycles. The number of rotatable bonds is 14. The number of aliphatic hydroxyl groups is 2. The summed E-state index contributed by atoms with van der Waals surface area (Å²) in [6.07, 6.45) is -7.33. The van der Waals surface area contributed by atoms with Crippen LogP contribution < -0.4 is 18.9 Å². The molecule has 6 heterocycles. The second-order valence-corrected chi connectivity index (χ2v) is 20.7. The minimum atomic E-state index is -4.77. The number of aromatic nitrogens is 6. The number of ether oxygens (including phenoxy) is 4. The summed E-state index contributed by atoms with van der Waals surface area (Å²) in [5.74, 6) is -0.451. The molecule has 2 aliphatic rings. The molecule has 2 fully saturated rings. The number of aliphatic hydroxyl groups excluding tert-OH is 2. The Bertz CT molecular complexity index is 3520. The van der Waals surface area contributed by atoms with Crippen LogP contribution in [0.3, 0.4) is 0 Å². The van der Waals surface area contributed by atoms with Gasteiger partial charge in [-0.1, -0.05) is 12.1 Å². The number of methoxy groups -OCH3 is 4. The van der Waals surface area contributed by atoms with Crippen molar-refractivity contribution >= 4 is 23.1 Å². The maximum atomic E-state index is 14.8. The van der Waals surface area contributed by atoms with Crippen molar-refractivity contribution in [1.29, 1.82) is 0 Å². The molecule has 0 spiro atoms. The number of nitrogens with zero attached hydrogens (tertiary/aromatic N) is 10. The normalized spacial score (nSPS) is 16.9. The maximum absolute atomic E-state index is 14.8. The molecule has 4 aromatic heterocycles. The quantitative estimate of drug-likeness (QED) is 0.0981. The van der Waals surface area contributed by atoms with Gasteiger partial charge in [0.25, 0.3) is 11.8 Å². The molecular formula is C60H62F8N10O8. The highest BCUT2D eigenvalue weighted by atomic mass is 19.4. The van der Waals surface area contributed by atoms with Gasteiger partial charge in [0.15, 0.2) is 22.7 Å². The van der Waals surface area contributed by atoms with Crippen LogP contribution in [-0.2, 0) is 12.4 Å². The second kappa shape index (κ2) is 25.2. The van der Waals surface area contributed by atoms with Crippen LogP contribution in [0.4, 0.5) is 35.1 Å². The van der Waals surface area contributed by atoms with Gasteiger partial charge in [-0.05, 0) is 100 Å². The van der Waals surface area contributed by atoms with Crippen LogP contribution in [0.5, 0.6) is 23.0 Å². The molecule has 18 nitrogen and oxygen atoms in total. The van der Waals surface area contributed by atoms with E-state index < -0.39 is 71.4 Å². The Balaban J connectivity index is 0.000000205. The molecule has 8 aromatic rings. The van der Waals surface area contributed by atoms with E-state index in [2.05, 4.69) is 20.2 Å². The predicted octanol–water partition coefficient (Wildman–Crippen LogP) is 9.52. The summed E-state index contributed by atoms with van der Waals surface area (Å²) in [6.45, 7) is 6.87. The minimum Gasteiger partial charge on any atom is -0.497 e. The topological polar surface area (TPSA) is 185 Å². The first-order chi connectivity index (χ1) is 41.0. The van der Waals surface area contributed by atoms with Crippen molar-refractivity contribution in [3.63, 3.8) is 0 Å². The third-order valence-corrected chi connectivity index (χ3v) is 15.7. The molecule has 456 valence electrons. The lowest BCUT2D eigenvalue weighted by molar-refractivity contribution is -0.144. The minimum absolute atomic E-state index is 0.0690. The third kappa shape index (κ3) is 11.9. The largest absolute Gasteiger partial charge is 0.497 e. The first-order valence-electron chi connectivity index (χ1n) is 27.2. The van der Waals surface area contributed by atoms with Crippen LogP contribution in [-0.4, -0.2) is 164 Å². The molecule has 0 radical (unpaired) electrons. The highest BCUT2D eigenvalue weighted by molar-refractivity contribution is 6.01. The molecule has 2 saturated heterocycles. The van der Waals surface area contributed by atoms with Crippen LogP contribution in [0, 0.1) is 25.5 Å². The van der Waals surface area contributed by atoms with Crippen molar-refractivity contribution in [2.75, 3.05) is 80.9 Å². The summed E-state index contributed by atoms with van der Waals surface area (Å²) in [5, 5.41) is 28.3. The number of hydrogen-bond donors (Lipinski definition) is 2. The Morgan fingerprint density at radius 3 is 1.22 bits per heavy atom. The van der Waals surface area contributed by atoms with Gasteiger partial charge in [-0.3, -0.25) is 19.4 Å². The first kappa shape index (κ1) is 62.1. The number of fused-ring (bicyclic) bond motifs is 2. The molecule has 0 aliphatic carbocycles. The molecule has 86 heavy (non-hydrogen) atoms. The Morgan fingerprint density at radius 2 is 0.919 bits per heavy atom. The number of hydrogen-bond acceptors (Lipinski definition) is 14. The van der Waals surface area contributed by atoms with Gasteiger partial charge in [-0.25, -0.2) is 27.8 Å². The average Bonchev–Trinajstić information content (AvgIpc) is 1.66. The van der Waals surface area contributed by atoms with Gasteiger partial charge in [-0.15, -0.1) is 0 Å². The highest BCUT2D eigenvalue weighted by Gasteiger charge is 2.42. The van der Waals surface area contributed by atoms with Crippen molar-refractivity contribution in [1.82, 2.24) is 48.8 Å². The average molecular weight is 1200 g/mol. The zero-order valence-corrected chi connectivity index (χ0v) is 48.0. The van der Waals surface area contributed by atoms with Gasteiger partial charge in [-0.2, -0.15) is 36.5 Å². The number of carbonyl (C=O) groups is 2. The van der Waals surface area contributed by atoms with Crippen LogP contribution in [0.1, 0.15) is 80.3 Å². The molecule has 4 atom stereocenters. The number of carbonyl (C=O) groups excluding carboxylic acids is 2. The summed E-state index contributed by atoms with van der Waals surface area (Å²) in [6, 6.07) is 19.4. The van der Waals surface area contributed by atoms with Gasteiger partial charge < -0.3 is 39.0 Å². The molecule has 2 aliphatic heterocycles. The molecule has 2 N–H and O–H groups in total. The SMILES string of the molecule is COc1ccc(-c2nc3c(C(=O)N4CCN([C@@H](CO)c5c(F)cccc5OC)C[C@H]4C)cnn3c(C(F)(F)F)c2C)cc1.COc1ccc(-c2nc3c(C(=O)N4CCN([C@H](CO)c5c(F)cccc5OC)C[C@H]4C)cnn3c(C(F)(F)F)c2C)cc1. The van der Waals surface area contributed by atoms with E-state index in [4.69, 9.17) is 18.9 Å². The van der Waals surface area contributed by atoms with Crippen LogP contribution in [0.2, 0.25) is 0 Å². The highest BCUT2D eigenvalue weighted by Crippen LogP contribution is 2.41. The van der Waals surface area contributed by atoms with Gasteiger partial charge >= 0.3 is 12.4 Å². The van der Waals surface area contributed by atoms with E-state index in [-0.39, 0.29) is 109 Å². The fourth-order valence-electron chi connectivity index (χ4n) is 11.4. The Hall–Kier alpha value is -8.46. The monoisotopic (exact) mass is 1200 g/mol. The van der Waals surface area contributed by atoms with E-state index in [1.54, 1.807) is 74.5 Å². The Kier molecular flexibility index (Phi) is 18.2. The van der Waals surface area contributed by atoms with Crippen molar-refractivity contribution in [2.24, 2.45) is 0 Å². The van der Waals surface area contributed by atoms with E-state index in [1.807, 2.05) is 9.80 Å².